The zero-order chi connectivity index (χ0) is 14.2. The summed E-state index contributed by atoms with van der Waals surface area (Å²) in [5.41, 5.74) is -3.74. The van der Waals surface area contributed by atoms with Crippen molar-refractivity contribution in [2.75, 3.05) is 19.6 Å². The highest BCUT2D eigenvalue weighted by Gasteiger charge is 2.72. The fourth-order valence-corrected chi connectivity index (χ4v) is 1.96. The first-order valence-electron chi connectivity index (χ1n) is 5.07. The third kappa shape index (κ3) is 2.70. The molecule has 0 aliphatic carbocycles. The Morgan fingerprint density at radius 2 is 1.67 bits per heavy atom. The first-order valence-corrected chi connectivity index (χ1v) is 5.07. The molecule has 1 fully saturated rings. The second-order valence-electron chi connectivity index (χ2n) is 4.25. The van der Waals surface area contributed by atoms with Crippen LogP contribution in [0.5, 0.6) is 0 Å². The van der Waals surface area contributed by atoms with Gasteiger partial charge in [0, 0.05) is 13.1 Å². The van der Waals surface area contributed by atoms with Gasteiger partial charge in [-0.15, -0.1) is 0 Å². The maximum atomic E-state index is 12.6. The number of halogens is 6. The van der Waals surface area contributed by atoms with Gasteiger partial charge in [0.25, 0.3) is 0 Å². The van der Waals surface area contributed by atoms with Crippen LogP contribution in [-0.2, 0) is 4.79 Å². The van der Waals surface area contributed by atoms with Crippen LogP contribution in [0.4, 0.5) is 26.3 Å². The van der Waals surface area contributed by atoms with Gasteiger partial charge >= 0.3 is 18.3 Å². The standard InChI is InChI=1S/C9H11F6NO2/c10-8(11,12)7(9(13,14)15)2-4-16(5-7)3-1-6(17)18/h1-5H2,(H,17,18). The van der Waals surface area contributed by atoms with E-state index in [-0.39, 0.29) is 6.54 Å². The average molecular weight is 279 g/mol. The normalized spacial score (nSPS) is 21.2. The van der Waals surface area contributed by atoms with Gasteiger partial charge < -0.3 is 10.0 Å². The van der Waals surface area contributed by atoms with Crippen LogP contribution in [0.2, 0.25) is 0 Å². The second-order valence-corrected chi connectivity index (χ2v) is 4.25. The molecule has 106 valence electrons. The molecular formula is C9H11F6NO2. The number of likely N-dealkylation sites (tertiary alicyclic amines) is 1. The Balaban J connectivity index is 2.83. The largest absolute Gasteiger partial charge is 0.481 e. The Kier molecular flexibility index (Phi) is 3.85. The number of nitrogens with zero attached hydrogens (tertiary/aromatic N) is 1. The Morgan fingerprint density at radius 3 is 2.00 bits per heavy atom. The molecule has 18 heavy (non-hydrogen) atoms. The lowest BCUT2D eigenvalue weighted by atomic mass is 9.85. The topological polar surface area (TPSA) is 40.5 Å². The Morgan fingerprint density at radius 1 is 1.17 bits per heavy atom. The van der Waals surface area contributed by atoms with Crippen LogP contribution >= 0.6 is 0 Å². The molecule has 3 nitrogen and oxygen atoms in total. The van der Waals surface area contributed by atoms with E-state index in [1.165, 1.54) is 0 Å². The molecule has 0 aromatic carbocycles. The number of hydrogen-bond donors (Lipinski definition) is 1. The maximum Gasteiger partial charge on any atom is 0.404 e. The highest BCUT2D eigenvalue weighted by Crippen LogP contribution is 2.55. The lowest BCUT2D eigenvalue weighted by molar-refractivity contribution is -0.335. The molecule has 0 atom stereocenters. The van der Waals surface area contributed by atoms with Crippen molar-refractivity contribution in [1.29, 1.82) is 0 Å². The van der Waals surface area contributed by atoms with Crippen molar-refractivity contribution in [3.8, 4) is 0 Å². The molecule has 1 rings (SSSR count). The lowest BCUT2D eigenvalue weighted by Crippen LogP contribution is -2.51. The van der Waals surface area contributed by atoms with Gasteiger partial charge in [0.2, 0.25) is 0 Å². The Hall–Kier alpha value is -0.990. The van der Waals surface area contributed by atoms with E-state index in [1.807, 2.05) is 0 Å². The quantitative estimate of drug-likeness (QED) is 0.806. The molecule has 1 N–H and O–H groups in total. The van der Waals surface area contributed by atoms with Crippen molar-refractivity contribution >= 4 is 5.97 Å². The van der Waals surface area contributed by atoms with E-state index >= 15 is 0 Å². The molecular weight excluding hydrogens is 268 g/mol. The number of carboxylic acids is 1. The number of carboxylic acid groups (broad SMARTS) is 1. The van der Waals surface area contributed by atoms with Gasteiger partial charge in [-0.1, -0.05) is 0 Å². The van der Waals surface area contributed by atoms with Gasteiger partial charge in [0.15, 0.2) is 5.41 Å². The molecule has 0 spiro atoms. The summed E-state index contributed by atoms with van der Waals surface area (Å²) in [6, 6.07) is 0. The van der Waals surface area contributed by atoms with Crippen LogP contribution in [0, 0.1) is 5.41 Å². The van der Waals surface area contributed by atoms with E-state index in [4.69, 9.17) is 5.11 Å². The van der Waals surface area contributed by atoms with E-state index < -0.39 is 49.7 Å². The zero-order valence-corrected chi connectivity index (χ0v) is 9.11. The van der Waals surface area contributed by atoms with E-state index in [2.05, 4.69) is 0 Å². The van der Waals surface area contributed by atoms with Crippen molar-refractivity contribution in [2.45, 2.75) is 25.2 Å². The summed E-state index contributed by atoms with van der Waals surface area (Å²) in [5, 5.41) is 8.35. The SMILES string of the molecule is O=C(O)CCN1CCC(C(F)(F)F)(C(F)(F)F)C1. The number of hydrogen-bond acceptors (Lipinski definition) is 2. The number of carbonyl (C=O) groups is 1. The van der Waals surface area contributed by atoms with Gasteiger partial charge in [-0.25, -0.2) is 0 Å². The fraction of sp³-hybridized carbons (Fsp3) is 0.889. The van der Waals surface area contributed by atoms with E-state index in [1.54, 1.807) is 0 Å². The molecule has 1 aliphatic rings. The summed E-state index contributed by atoms with van der Waals surface area (Å²) in [6.07, 6.45) is -12.3. The van der Waals surface area contributed by atoms with Gasteiger partial charge in [-0.2, -0.15) is 26.3 Å². The molecule has 0 aromatic heterocycles. The van der Waals surface area contributed by atoms with Gasteiger partial charge in [0.05, 0.1) is 6.42 Å². The molecule has 0 unspecified atom stereocenters. The minimum absolute atomic E-state index is 0.316. The number of aliphatic carboxylic acids is 1. The molecule has 0 radical (unpaired) electrons. The Bertz CT molecular complexity index is 310. The predicted molar refractivity (Wildman–Crippen MR) is 47.9 cm³/mol. The van der Waals surface area contributed by atoms with E-state index in [0.717, 1.165) is 4.90 Å². The maximum absolute atomic E-state index is 12.6. The summed E-state index contributed by atoms with van der Waals surface area (Å²) in [4.78, 5) is 11.1. The summed E-state index contributed by atoms with van der Waals surface area (Å²) < 4.78 is 75.7. The van der Waals surface area contributed by atoms with Crippen molar-refractivity contribution in [2.24, 2.45) is 5.41 Å². The van der Waals surface area contributed by atoms with Crippen LogP contribution in [0.3, 0.4) is 0 Å². The third-order valence-electron chi connectivity index (χ3n) is 3.08. The molecule has 1 saturated heterocycles. The minimum Gasteiger partial charge on any atom is -0.481 e. The van der Waals surface area contributed by atoms with Crippen molar-refractivity contribution in [3.05, 3.63) is 0 Å². The molecule has 1 aliphatic heterocycles. The van der Waals surface area contributed by atoms with Crippen LogP contribution in [0.1, 0.15) is 12.8 Å². The van der Waals surface area contributed by atoms with Crippen molar-refractivity contribution < 1.29 is 36.2 Å². The van der Waals surface area contributed by atoms with E-state index in [9.17, 15) is 31.1 Å². The average Bonchev–Trinajstić information content (AvgIpc) is 2.57. The fourth-order valence-electron chi connectivity index (χ4n) is 1.96. The number of rotatable bonds is 3. The van der Waals surface area contributed by atoms with Gasteiger partial charge in [-0.3, -0.25) is 4.79 Å². The van der Waals surface area contributed by atoms with Crippen molar-refractivity contribution in [1.82, 2.24) is 4.90 Å². The van der Waals surface area contributed by atoms with Gasteiger partial charge in [-0.05, 0) is 13.0 Å². The lowest BCUT2D eigenvalue weighted by Gasteiger charge is -2.33. The summed E-state index contributed by atoms with van der Waals surface area (Å²) >= 11 is 0. The molecule has 1 heterocycles. The van der Waals surface area contributed by atoms with Crippen LogP contribution < -0.4 is 0 Å². The smallest absolute Gasteiger partial charge is 0.404 e. The first-order chi connectivity index (χ1) is 7.99. The number of alkyl halides is 6. The molecule has 0 bridgehead atoms. The second kappa shape index (κ2) is 4.60. The molecule has 9 heteroatoms. The van der Waals surface area contributed by atoms with Crippen LogP contribution in [0.25, 0.3) is 0 Å². The summed E-state index contributed by atoms with van der Waals surface area (Å²) in [6.45, 7) is -1.96. The van der Waals surface area contributed by atoms with Gasteiger partial charge in [0.1, 0.15) is 0 Å². The van der Waals surface area contributed by atoms with Crippen molar-refractivity contribution in [3.63, 3.8) is 0 Å². The van der Waals surface area contributed by atoms with Crippen LogP contribution in [-0.4, -0.2) is 48.0 Å². The highest BCUT2D eigenvalue weighted by molar-refractivity contribution is 5.66. The summed E-state index contributed by atoms with van der Waals surface area (Å²) in [7, 11) is 0. The molecule has 0 saturated carbocycles. The Labute approximate surface area is 98.4 Å². The highest BCUT2D eigenvalue weighted by atomic mass is 19.4. The predicted octanol–water partition coefficient (Wildman–Crippen LogP) is 2.28. The molecule has 0 amide bonds. The van der Waals surface area contributed by atoms with Crippen LogP contribution in [0.15, 0.2) is 0 Å². The zero-order valence-electron chi connectivity index (χ0n) is 9.11. The minimum atomic E-state index is -5.39. The van der Waals surface area contributed by atoms with E-state index in [0.29, 0.717) is 0 Å². The first kappa shape index (κ1) is 15.1. The molecule has 0 aromatic rings. The third-order valence-corrected chi connectivity index (χ3v) is 3.08. The summed E-state index contributed by atoms with van der Waals surface area (Å²) in [5.74, 6) is -1.26. The monoisotopic (exact) mass is 279 g/mol.